The molecule has 3 heteroatoms. The zero-order valence-corrected chi connectivity index (χ0v) is 11.2. The van der Waals surface area contributed by atoms with E-state index in [0.29, 0.717) is 0 Å². The van der Waals surface area contributed by atoms with Gasteiger partial charge < -0.3 is 4.90 Å². The summed E-state index contributed by atoms with van der Waals surface area (Å²) in [5.74, 6) is 0.793. The largest absolute Gasteiger partial charge is 0.370 e. The van der Waals surface area contributed by atoms with Crippen molar-refractivity contribution in [2.75, 3.05) is 18.0 Å². The Morgan fingerprint density at radius 3 is 2.93 bits per heavy atom. The Kier molecular flexibility index (Phi) is 3.57. The first-order chi connectivity index (χ1) is 7.16. The first kappa shape index (κ1) is 11.3. The van der Waals surface area contributed by atoms with Crippen LogP contribution in [0.4, 0.5) is 5.69 Å². The molecule has 0 amide bonds. The minimum Gasteiger partial charge on any atom is -0.370 e. The van der Waals surface area contributed by atoms with Crippen molar-refractivity contribution in [3.05, 3.63) is 27.7 Å². The second kappa shape index (κ2) is 4.75. The van der Waals surface area contributed by atoms with Gasteiger partial charge in [0.2, 0.25) is 0 Å². The highest BCUT2D eigenvalue weighted by molar-refractivity contribution is 9.10. The average Bonchev–Trinajstić information content (AvgIpc) is 2.17. The number of hydrogen-bond acceptors (Lipinski definition) is 1. The van der Waals surface area contributed by atoms with Crippen LogP contribution in [0.1, 0.15) is 19.8 Å². The average molecular weight is 289 g/mol. The monoisotopic (exact) mass is 287 g/mol. The fourth-order valence-corrected chi connectivity index (χ4v) is 3.08. The van der Waals surface area contributed by atoms with E-state index in [1.807, 2.05) is 12.1 Å². The summed E-state index contributed by atoms with van der Waals surface area (Å²) in [4.78, 5) is 2.44. The van der Waals surface area contributed by atoms with E-state index in [-0.39, 0.29) is 0 Å². The van der Waals surface area contributed by atoms with Gasteiger partial charge in [0.1, 0.15) is 0 Å². The lowest BCUT2D eigenvalue weighted by Crippen LogP contribution is -2.34. The molecule has 1 aliphatic rings. The van der Waals surface area contributed by atoms with Gasteiger partial charge in [-0.2, -0.15) is 0 Å². The molecule has 1 aliphatic heterocycles. The van der Waals surface area contributed by atoms with Crippen molar-refractivity contribution < 1.29 is 0 Å². The van der Waals surface area contributed by atoms with Crippen LogP contribution in [-0.2, 0) is 0 Å². The van der Waals surface area contributed by atoms with Crippen molar-refractivity contribution >= 4 is 33.2 Å². The molecule has 1 aromatic carbocycles. The molecule has 0 spiro atoms. The van der Waals surface area contributed by atoms with Gasteiger partial charge in [-0.15, -0.1) is 0 Å². The normalized spacial score (nSPS) is 21.8. The predicted octanol–water partition coefficient (Wildman–Crippen LogP) is 4.34. The fraction of sp³-hybridized carbons (Fsp3) is 0.500. The van der Waals surface area contributed by atoms with E-state index in [0.717, 1.165) is 28.5 Å². The summed E-state index contributed by atoms with van der Waals surface area (Å²) in [5, 5.41) is 0.788. The molecule has 1 aromatic rings. The number of benzene rings is 1. The highest BCUT2D eigenvalue weighted by Crippen LogP contribution is 2.31. The molecule has 0 aliphatic carbocycles. The third kappa shape index (κ3) is 2.67. The highest BCUT2D eigenvalue weighted by atomic mass is 79.9. The molecule has 0 radical (unpaired) electrons. The number of halogens is 2. The van der Waals surface area contributed by atoms with Crippen molar-refractivity contribution in [3.63, 3.8) is 0 Å². The maximum atomic E-state index is 5.94. The van der Waals surface area contributed by atoms with Crippen LogP contribution in [-0.4, -0.2) is 13.1 Å². The van der Waals surface area contributed by atoms with Crippen molar-refractivity contribution in [3.8, 4) is 0 Å². The first-order valence-corrected chi connectivity index (χ1v) is 6.54. The smallest absolute Gasteiger partial charge is 0.0511 e. The number of hydrogen-bond donors (Lipinski definition) is 0. The van der Waals surface area contributed by atoms with E-state index in [2.05, 4.69) is 33.8 Å². The molecule has 0 saturated carbocycles. The maximum absolute atomic E-state index is 5.94. The molecule has 1 atom stereocenters. The van der Waals surface area contributed by atoms with Gasteiger partial charge in [0.15, 0.2) is 0 Å². The van der Waals surface area contributed by atoms with Crippen molar-refractivity contribution in [2.45, 2.75) is 19.8 Å². The van der Waals surface area contributed by atoms with Crippen LogP contribution in [0, 0.1) is 5.92 Å². The van der Waals surface area contributed by atoms with Gasteiger partial charge >= 0.3 is 0 Å². The lowest BCUT2D eigenvalue weighted by Gasteiger charge is -2.33. The molecule has 15 heavy (non-hydrogen) atoms. The second-order valence-electron chi connectivity index (χ2n) is 4.29. The first-order valence-electron chi connectivity index (χ1n) is 5.37. The number of nitrogens with zero attached hydrogens (tertiary/aromatic N) is 1. The van der Waals surface area contributed by atoms with Crippen molar-refractivity contribution in [2.24, 2.45) is 5.92 Å². The highest BCUT2D eigenvalue weighted by Gasteiger charge is 2.18. The number of rotatable bonds is 1. The summed E-state index contributed by atoms with van der Waals surface area (Å²) in [6.07, 6.45) is 2.64. The second-order valence-corrected chi connectivity index (χ2v) is 5.58. The Bertz CT molecular complexity index is 353. The van der Waals surface area contributed by atoms with E-state index in [9.17, 15) is 0 Å². The Morgan fingerprint density at radius 2 is 2.27 bits per heavy atom. The summed E-state index contributed by atoms with van der Waals surface area (Å²) < 4.78 is 1.10. The van der Waals surface area contributed by atoms with Gasteiger partial charge in [0, 0.05) is 22.6 Å². The molecule has 1 heterocycles. The van der Waals surface area contributed by atoms with Crippen LogP contribution in [0.15, 0.2) is 22.7 Å². The zero-order chi connectivity index (χ0) is 10.8. The van der Waals surface area contributed by atoms with E-state index in [4.69, 9.17) is 11.6 Å². The summed E-state index contributed by atoms with van der Waals surface area (Å²) in [7, 11) is 0. The Morgan fingerprint density at radius 1 is 1.47 bits per heavy atom. The van der Waals surface area contributed by atoms with Gasteiger partial charge in [-0.3, -0.25) is 0 Å². The quantitative estimate of drug-likeness (QED) is 0.743. The predicted molar refractivity (Wildman–Crippen MR) is 69.8 cm³/mol. The molecule has 1 fully saturated rings. The SMILES string of the molecule is CC1CCCN(c2ccc(Cl)cc2Br)C1. The van der Waals surface area contributed by atoms with Crippen LogP contribution in [0.3, 0.4) is 0 Å². The molecular formula is C12H15BrClN. The number of piperidine rings is 1. The summed E-state index contributed by atoms with van der Waals surface area (Å²) in [6, 6.07) is 6.03. The van der Waals surface area contributed by atoms with Gasteiger partial charge in [-0.05, 0) is 52.9 Å². The number of anilines is 1. The molecule has 2 rings (SSSR count). The molecule has 1 saturated heterocycles. The van der Waals surface area contributed by atoms with Crippen molar-refractivity contribution in [1.82, 2.24) is 0 Å². The molecular weight excluding hydrogens is 273 g/mol. The van der Waals surface area contributed by atoms with Crippen LogP contribution in [0.5, 0.6) is 0 Å². The Labute approximate surface area is 105 Å². The standard InChI is InChI=1S/C12H15BrClN/c1-9-3-2-6-15(8-9)12-5-4-10(14)7-11(12)13/h4-5,7,9H,2-3,6,8H2,1H3. The third-order valence-electron chi connectivity index (χ3n) is 2.91. The lowest BCUT2D eigenvalue weighted by molar-refractivity contribution is 0.446. The zero-order valence-electron chi connectivity index (χ0n) is 8.84. The summed E-state index contributed by atoms with van der Waals surface area (Å²) >= 11 is 9.51. The van der Waals surface area contributed by atoms with Crippen LogP contribution in [0.25, 0.3) is 0 Å². The molecule has 0 N–H and O–H groups in total. The van der Waals surface area contributed by atoms with Crippen LogP contribution >= 0.6 is 27.5 Å². The maximum Gasteiger partial charge on any atom is 0.0511 e. The van der Waals surface area contributed by atoms with Gasteiger partial charge in [-0.1, -0.05) is 18.5 Å². The molecule has 1 nitrogen and oxygen atoms in total. The minimum atomic E-state index is 0.788. The summed E-state index contributed by atoms with van der Waals surface area (Å²) in [6.45, 7) is 4.63. The summed E-state index contributed by atoms with van der Waals surface area (Å²) in [5.41, 5.74) is 1.27. The van der Waals surface area contributed by atoms with Gasteiger partial charge in [0.05, 0.1) is 5.69 Å². The molecule has 0 bridgehead atoms. The van der Waals surface area contributed by atoms with Gasteiger partial charge in [-0.25, -0.2) is 0 Å². The van der Waals surface area contributed by atoms with Gasteiger partial charge in [0.25, 0.3) is 0 Å². The van der Waals surface area contributed by atoms with Crippen molar-refractivity contribution in [1.29, 1.82) is 0 Å². The minimum absolute atomic E-state index is 0.788. The molecule has 1 unspecified atom stereocenters. The van der Waals surface area contributed by atoms with Crippen LogP contribution < -0.4 is 4.90 Å². The molecule has 0 aromatic heterocycles. The van der Waals surface area contributed by atoms with E-state index < -0.39 is 0 Å². The Balaban J connectivity index is 2.21. The van der Waals surface area contributed by atoms with E-state index in [1.54, 1.807) is 0 Å². The molecule has 82 valence electrons. The van der Waals surface area contributed by atoms with E-state index >= 15 is 0 Å². The Hall–Kier alpha value is -0.210. The van der Waals surface area contributed by atoms with Crippen LogP contribution in [0.2, 0.25) is 5.02 Å². The van der Waals surface area contributed by atoms with E-state index in [1.165, 1.54) is 18.5 Å². The third-order valence-corrected chi connectivity index (χ3v) is 3.78. The fourth-order valence-electron chi connectivity index (χ4n) is 2.15. The topological polar surface area (TPSA) is 3.24 Å². The lowest BCUT2D eigenvalue weighted by atomic mass is 10.00.